The highest BCUT2D eigenvalue weighted by Gasteiger charge is 2.21. The van der Waals surface area contributed by atoms with Crippen molar-refractivity contribution in [3.8, 4) is 0 Å². The molecule has 1 rings (SSSR count). The Balaban J connectivity index is 2.75. The highest BCUT2D eigenvalue weighted by atomic mass is 32.2. The molecule has 4 N–H and O–H groups in total. The lowest BCUT2D eigenvalue weighted by Gasteiger charge is -2.12. The molecule has 1 aromatic heterocycles. The van der Waals surface area contributed by atoms with Crippen LogP contribution in [0.15, 0.2) is 17.2 Å². The molecule has 0 aliphatic heterocycles. The van der Waals surface area contributed by atoms with Crippen molar-refractivity contribution in [2.75, 3.05) is 0 Å². The minimum atomic E-state index is -3.77. The van der Waals surface area contributed by atoms with Crippen molar-refractivity contribution in [2.24, 2.45) is 12.8 Å². The zero-order valence-electron chi connectivity index (χ0n) is 11.9. The van der Waals surface area contributed by atoms with Gasteiger partial charge in [0.2, 0.25) is 10.0 Å². The maximum atomic E-state index is 12.1. The summed E-state index contributed by atoms with van der Waals surface area (Å²) in [5, 5.41) is 8.54. The number of hydrogen-bond donors (Lipinski definition) is 3. The second-order valence-corrected chi connectivity index (χ2v) is 6.56. The smallest absolute Gasteiger partial charge is 0.303 e. The Bertz CT molecular complexity index is 635. The molecule has 8 nitrogen and oxygen atoms in total. The van der Waals surface area contributed by atoms with E-state index in [-0.39, 0.29) is 17.0 Å². The van der Waals surface area contributed by atoms with Gasteiger partial charge in [0.1, 0.15) is 10.6 Å². The zero-order chi connectivity index (χ0) is 16.2. The number of aromatic nitrogens is 1. The van der Waals surface area contributed by atoms with E-state index in [1.807, 2.05) is 0 Å². The molecule has 0 radical (unpaired) electrons. The van der Waals surface area contributed by atoms with Gasteiger partial charge >= 0.3 is 5.97 Å². The first-order chi connectivity index (χ1) is 9.63. The molecule has 1 unspecified atom stereocenters. The molecule has 0 bridgehead atoms. The van der Waals surface area contributed by atoms with Crippen molar-refractivity contribution >= 4 is 21.9 Å². The molecular weight excluding hydrogens is 298 g/mol. The number of nitrogens with zero attached hydrogens (tertiary/aromatic N) is 1. The van der Waals surface area contributed by atoms with E-state index in [4.69, 9.17) is 10.8 Å². The Kier molecular flexibility index (Phi) is 5.50. The highest BCUT2D eigenvalue weighted by Crippen LogP contribution is 2.14. The molecule has 1 amide bonds. The Hall–Kier alpha value is -1.87. The van der Waals surface area contributed by atoms with Gasteiger partial charge in [0.25, 0.3) is 5.91 Å². The predicted octanol–water partition coefficient (Wildman–Crippen LogP) is 0.0457. The number of carboxylic acids is 1. The van der Waals surface area contributed by atoms with Gasteiger partial charge in [0.05, 0.1) is 0 Å². The number of primary amides is 1. The number of carboxylic acid groups (broad SMARTS) is 1. The standard InChI is InChI=1S/C12H19N3O5S/c1-8(4-3-5-11(16)17)14-21(19,20)9-6-10(12(13)18)15(2)7-9/h6-8,14H,3-5H2,1-2H3,(H2,13,18)(H,16,17). The van der Waals surface area contributed by atoms with E-state index in [9.17, 15) is 18.0 Å². The fourth-order valence-corrected chi connectivity index (χ4v) is 3.22. The van der Waals surface area contributed by atoms with Crippen molar-refractivity contribution in [2.45, 2.75) is 37.1 Å². The number of amides is 1. The fourth-order valence-electron chi connectivity index (χ4n) is 1.88. The van der Waals surface area contributed by atoms with Crippen LogP contribution in [0.1, 0.15) is 36.7 Å². The van der Waals surface area contributed by atoms with Crippen LogP contribution in [-0.4, -0.2) is 36.0 Å². The number of carbonyl (C=O) groups is 2. The summed E-state index contributed by atoms with van der Waals surface area (Å²) in [6.45, 7) is 1.65. The third-order valence-corrected chi connectivity index (χ3v) is 4.48. The first-order valence-electron chi connectivity index (χ1n) is 6.33. The molecular formula is C12H19N3O5S. The summed E-state index contributed by atoms with van der Waals surface area (Å²) in [5.41, 5.74) is 5.23. The minimum Gasteiger partial charge on any atom is -0.481 e. The highest BCUT2D eigenvalue weighted by molar-refractivity contribution is 7.89. The van der Waals surface area contributed by atoms with Crippen molar-refractivity contribution in [3.63, 3.8) is 0 Å². The van der Waals surface area contributed by atoms with E-state index < -0.39 is 27.9 Å². The summed E-state index contributed by atoms with van der Waals surface area (Å²) >= 11 is 0. The van der Waals surface area contributed by atoms with Gasteiger partial charge in [-0.05, 0) is 25.8 Å². The van der Waals surface area contributed by atoms with Gasteiger partial charge < -0.3 is 15.4 Å². The molecule has 0 aliphatic carbocycles. The third kappa shape index (κ3) is 4.87. The van der Waals surface area contributed by atoms with E-state index in [1.54, 1.807) is 6.92 Å². The van der Waals surface area contributed by atoms with Crippen molar-refractivity contribution in [1.82, 2.24) is 9.29 Å². The summed E-state index contributed by atoms with van der Waals surface area (Å²) < 4.78 is 28.0. The number of aliphatic carboxylic acids is 1. The molecule has 1 heterocycles. The van der Waals surface area contributed by atoms with Gasteiger partial charge in [-0.2, -0.15) is 0 Å². The SMILES string of the molecule is CC(CCCC(=O)O)NS(=O)(=O)c1cc(C(N)=O)n(C)c1. The van der Waals surface area contributed by atoms with Gasteiger partial charge in [0.15, 0.2) is 0 Å². The second kappa shape index (κ2) is 6.72. The molecule has 0 spiro atoms. The molecule has 1 atom stereocenters. The van der Waals surface area contributed by atoms with Crippen molar-refractivity contribution in [1.29, 1.82) is 0 Å². The molecule has 118 valence electrons. The molecule has 0 aliphatic rings. The maximum absolute atomic E-state index is 12.1. The number of aryl methyl sites for hydroxylation is 1. The Labute approximate surface area is 123 Å². The van der Waals surface area contributed by atoms with Crippen LogP contribution in [0.25, 0.3) is 0 Å². The summed E-state index contributed by atoms with van der Waals surface area (Å²) in [4.78, 5) is 21.5. The average Bonchev–Trinajstić information content (AvgIpc) is 2.70. The number of nitrogens with two attached hydrogens (primary N) is 1. The molecule has 1 aromatic rings. The van der Waals surface area contributed by atoms with Gasteiger partial charge in [-0.15, -0.1) is 0 Å². The van der Waals surface area contributed by atoms with Gasteiger partial charge in [-0.25, -0.2) is 13.1 Å². The van der Waals surface area contributed by atoms with Crippen LogP contribution < -0.4 is 10.5 Å². The summed E-state index contributed by atoms with van der Waals surface area (Å²) in [7, 11) is -2.25. The van der Waals surface area contributed by atoms with Crippen molar-refractivity contribution in [3.05, 3.63) is 18.0 Å². The summed E-state index contributed by atoms with van der Waals surface area (Å²) in [6.07, 6.45) is 2.07. The molecule has 0 aromatic carbocycles. The predicted molar refractivity (Wildman–Crippen MR) is 75.2 cm³/mol. The number of hydrogen-bond acceptors (Lipinski definition) is 4. The van der Waals surface area contributed by atoms with Gasteiger partial charge in [-0.3, -0.25) is 9.59 Å². The summed E-state index contributed by atoms with van der Waals surface area (Å²) in [6, 6.07) is 0.792. The second-order valence-electron chi connectivity index (χ2n) is 4.84. The van der Waals surface area contributed by atoms with E-state index in [2.05, 4.69) is 4.72 Å². The number of rotatable bonds is 8. The fraction of sp³-hybridized carbons (Fsp3) is 0.500. The first kappa shape index (κ1) is 17.2. The largest absolute Gasteiger partial charge is 0.481 e. The Morgan fingerprint density at radius 2 is 2.10 bits per heavy atom. The normalized spacial score (nSPS) is 13.0. The van der Waals surface area contributed by atoms with E-state index in [1.165, 1.54) is 23.9 Å². The zero-order valence-corrected chi connectivity index (χ0v) is 12.7. The van der Waals surface area contributed by atoms with E-state index in [0.29, 0.717) is 12.8 Å². The third-order valence-electron chi connectivity index (χ3n) is 2.93. The number of carbonyl (C=O) groups excluding carboxylic acids is 1. The number of nitrogens with one attached hydrogen (secondary N) is 1. The van der Waals surface area contributed by atoms with Gasteiger partial charge in [-0.1, -0.05) is 0 Å². The lowest BCUT2D eigenvalue weighted by atomic mass is 10.1. The first-order valence-corrected chi connectivity index (χ1v) is 7.82. The quantitative estimate of drug-likeness (QED) is 0.623. The van der Waals surface area contributed by atoms with Crippen molar-refractivity contribution < 1.29 is 23.1 Å². The van der Waals surface area contributed by atoms with Crippen LogP contribution in [0, 0.1) is 0 Å². The van der Waals surface area contributed by atoms with Gasteiger partial charge in [0, 0.05) is 25.7 Å². The summed E-state index contributed by atoms with van der Waals surface area (Å²) in [5.74, 6) is -1.63. The van der Waals surface area contributed by atoms with Crippen LogP contribution in [0.2, 0.25) is 0 Å². The Morgan fingerprint density at radius 1 is 1.48 bits per heavy atom. The Morgan fingerprint density at radius 3 is 2.57 bits per heavy atom. The monoisotopic (exact) mass is 317 g/mol. The molecule has 21 heavy (non-hydrogen) atoms. The van der Waals surface area contributed by atoms with Crippen LogP contribution in [0.3, 0.4) is 0 Å². The minimum absolute atomic E-state index is 0.0107. The number of sulfonamides is 1. The molecule has 0 saturated heterocycles. The maximum Gasteiger partial charge on any atom is 0.303 e. The van der Waals surface area contributed by atoms with Crippen LogP contribution in [0.4, 0.5) is 0 Å². The molecule has 0 saturated carbocycles. The van der Waals surface area contributed by atoms with Crippen LogP contribution in [-0.2, 0) is 21.9 Å². The molecule has 9 heteroatoms. The van der Waals surface area contributed by atoms with E-state index in [0.717, 1.165) is 0 Å². The van der Waals surface area contributed by atoms with Crippen LogP contribution >= 0.6 is 0 Å². The topological polar surface area (TPSA) is 131 Å². The van der Waals surface area contributed by atoms with Crippen LogP contribution in [0.5, 0.6) is 0 Å². The molecule has 0 fully saturated rings. The average molecular weight is 317 g/mol. The van der Waals surface area contributed by atoms with E-state index >= 15 is 0 Å². The lowest BCUT2D eigenvalue weighted by molar-refractivity contribution is -0.137. The lowest BCUT2D eigenvalue weighted by Crippen LogP contribution is -2.32.